The van der Waals surface area contributed by atoms with Crippen molar-refractivity contribution in [2.45, 2.75) is 33.4 Å². The summed E-state index contributed by atoms with van der Waals surface area (Å²) in [4.78, 5) is 18.7. The van der Waals surface area contributed by atoms with Crippen molar-refractivity contribution in [3.05, 3.63) is 35.4 Å². The topological polar surface area (TPSA) is 78.0 Å². The van der Waals surface area contributed by atoms with Gasteiger partial charge in [0, 0.05) is 45.3 Å². The molecule has 1 fully saturated rings. The van der Waals surface area contributed by atoms with Gasteiger partial charge in [0.2, 0.25) is 0 Å². The normalized spacial score (nSPS) is 17.6. The Balaban J connectivity index is 0.00000420. The average molecular weight is 517 g/mol. The predicted molar refractivity (Wildman–Crippen MR) is 129 cm³/mol. The van der Waals surface area contributed by atoms with E-state index in [1.54, 1.807) is 7.05 Å². The maximum absolute atomic E-state index is 11.6. The molecule has 164 valence electrons. The van der Waals surface area contributed by atoms with E-state index in [1.165, 1.54) is 0 Å². The molecule has 0 saturated carbocycles. The monoisotopic (exact) mass is 517 g/mol. The van der Waals surface area contributed by atoms with Crippen LogP contribution in [0, 0.1) is 5.92 Å². The summed E-state index contributed by atoms with van der Waals surface area (Å²) in [5.41, 5.74) is 1.71. The fraction of sp³-hybridized carbons (Fsp3) is 0.619. The average Bonchev–Trinajstić information content (AvgIpc) is 2.69. The second kappa shape index (κ2) is 13.8. The molecular formula is C21H36IN5O2. The number of amides is 1. The number of guanidine groups is 1. The Morgan fingerprint density at radius 2 is 2.00 bits per heavy atom. The molecule has 1 heterocycles. The first-order valence-electron chi connectivity index (χ1n) is 10.2. The van der Waals surface area contributed by atoms with Gasteiger partial charge in [-0.25, -0.2) is 4.99 Å². The summed E-state index contributed by atoms with van der Waals surface area (Å²) in [6.07, 6.45) is 0.170. The smallest absolute Gasteiger partial charge is 0.251 e. The highest BCUT2D eigenvalue weighted by atomic mass is 127. The van der Waals surface area contributed by atoms with Gasteiger partial charge in [-0.1, -0.05) is 26.0 Å². The van der Waals surface area contributed by atoms with Gasteiger partial charge in [-0.3, -0.25) is 9.69 Å². The van der Waals surface area contributed by atoms with Crippen molar-refractivity contribution in [1.29, 1.82) is 0 Å². The lowest BCUT2D eigenvalue weighted by Gasteiger charge is -2.34. The molecule has 0 spiro atoms. The number of rotatable bonds is 8. The standard InChI is InChI=1S/C21H35N5O2.HI/c1-5-23-21(24-12-17-6-8-18(9-7-17)20(27)22-4)25-13-19-15-26(10-11-28-19)14-16(2)3;/h6-9,16,19H,5,10-15H2,1-4H3,(H,22,27)(H2,23,24,25);1H. The highest BCUT2D eigenvalue weighted by Gasteiger charge is 2.21. The van der Waals surface area contributed by atoms with Crippen LogP contribution < -0.4 is 16.0 Å². The van der Waals surface area contributed by atoms with E-state index in [0.29, 0.717) is 18.0 Å². The Hall–Kier alpha value is -1.39. The number of hydrogen-bond acceptors (Lipinski definition) is 4. The van der Waals surface area contributed by atoms with Gasteiger partial charge in [0.1, 0.15) is 0 Å². The number of hydrogen-bond donors (Lipinski definition) is 3. The first kappa shape index (κ1) is 25.6. The molecule has 1 atom stereocenters. The summed E-state index contributed by atoms with van der Waals surface area (Å²) >= 11 is 0. The summed E-state index contributed by atoms with van der Waals surface area (Å²) in [6.45, 7) is 12.5. The quantitative estimate of drug-likeness (QED) is 0.280. The summed E-state index contributed by atoms with van der Waals surface area (Å²) in [5.74, 6) is 1.37. The van der Waals surface area contributed by atoms with Gasteiger partial charge in [-0.15, -0.1) is 24.0 Å². The zero-order valence-electron chi connectivity index (χ0n) is 18.0. The maximum atomic E-state index is 11.6. The first-order chi connectivity index (χ1) is 13.5. The Bertz CT molecular complexity index is 636. The summed E-state index contributed by atoms with van der Waals surface area (Å²) < 4.78 is 5.90. The lowest BCUT2D eigenvalue weighted by atomic mass is 10.1. The first-order valence-corrected chi connectivity index (χ1v) is 10.2. The molecule has 0 bridgehead atoms. The van der Waals surface area contributed by atoms with E-state index in [9.17, 15) is 4.79 Å². The van der Waals surface area contributed by atoms with Gasteiger partial charge in [-0.05, 0) is 30.5 Å². The molecule has 0 aliphatic carbocycles. The second-order valence-corrected chi connectivity index (χ2v) is 7.50. The van der Waals surface area contributed by atoms with Crippen LogP contribution in [0.1, 0.15) is 36.7 Å². The van der Waals surface area contributed by atoms with Crippen molar-refractivity contribution in [1.82, 2.24) is 20.9 Å². The number of ether oxygens (including phenoxy) is 1. The molecular weight excluding hydrogens is 481 g/mol. The van der Waals surface area contributed by atoms with Gasteiger partial charge >= 0.3 is 0 Å². The zero-order chi connectivity index (χ0) is 20.4. The van der Waals surface area contributed by atoms with Gasteiger partial charge in [0.05, 0.1) is 19.3 Å². The van der Waals surface area contributed by atoms with Crippen molar-refractivity contribution in [3.8, 4) is 0 Å². The minimum atomic E-state index is -0.0796. The van der Waals surface area contributed by atoms with Crippen LogP contribution in [0.5, 0.6) is 0 Å². The maximum Gasteiger partial charge on any atom is 0.251 e. The third kappa shape index (κ3) is 9.31. The number of carbonyl (C=O) groups is 1. The molecule has 1 unspecified atom stereocenters. The molecule has 1 aromatic carbocycles. The molecule has 7 nitrogen and oxygen atoms in total. The highest BCUT2D eigenvalue weighted by Crippen LogP contribution is 2.08. The van der Waals surface area contributed by atoms with Crippen molar-refractivity contribution in [2.24, 2.45) is 10.9 Å². The van der Waals surface area contributed by atoms with Gasteiger partial charge in [0.25, 0.3) is 5.91 Å². The summed E-state index contributed by atoms with van der Waals surface area (Å²) in [5, 5.41) is 9.30. The van der Waals surface area contributed by atoms with E-state index in [2.05, 4.69) is 46.6 Å². The Morgan fingerprint density at radius 1 is 1.28 bits per heavy atom. The number of halogens is 1. The SMILES string of the molecule is CCNC(=NCc1ccc(C(=O)NC)cc1)NCC1CN(CC(C)C)CCO1.I. The molecule has 1 saturated heterocycles. The third-order valence-electron chi connectivity index (χ3n) is 4.55. The van der Waals surface area contributed by atoms with Crippen LogP contribution in [0.4, 0.5) is 0 Å². The minimum absolute atomic E-state index is 0. The number of carbonyl (C=O) groups excluding carboxylic acids is 1. The van der Waals surface area contributed by atoms with Crippen LogP contribution in [0.2, 0.25) is 0 Å². The lowest BCUT2D eigenvalue weighted by molar-refractivity contribution is -0.0284. The molecule has 1 aromatic rings. The Morgan fingerprint density at radius 3 is 2.62 bits per heavy atom. The number of nitrogens with one attached hydrogen (secondary N) is 3. The molecule has 0 radical (unpaired) electrons. The highest BCUT2D eigenvalue weighted by molar-refractivity contribution is 14.0. The van der Waals surface area contributed by atoms with E-state index < -0.39 is 0 Å². The van der Waals surface area contributed by atoms with Gasteiger partial charge in [-0.2, -0.15) is 0 Å². The van der Waals surface area contributed by atoms with E-state index in [0.717, 1.165) is 50.9 Å². The molecule has 2 rings (SSSR count). The van der Waals surface area contributed by atoms with Gasteiger partial charge < -0.3 is 20.7 Å². The van der Waals surface area contributed by atoms with E-state index in [1.807, 2.05) is 24.3 Å². The van der Waals surface area contributed by atoms with E-state index >= 15 is 0 Å². The molecule has 29 heavy (non-hydrogen) atoms. The third-order valence-corrected chi connectivity index (χ3v) is 4.55. The Labute approximate surface area is 192 Å². The Kier molecular flexibility index (Phi) is 12.2. The van der Waals surface area contributed by atoms with Crippen LogP contribution >= 0.6 is 24.0 Å². The fourth-order valence-electron chi connectivity index (χ4n) is 3.21. The van der Waals surface area contributed by atoms with Crippen LogP contribution in [0.3, 0.4) is 0 Å². The number of morpholine rings is 1. The van der Waals surface area contributed by atoms with Crippen LogP contribution in [0.25, 0.3) is 0 Å². The van der Waals surface area contributed by atoms with Crippen molar-refractivity contribution >= 4 is 35.8 Å². The predicted octanol–water partition coefficient (Wildman–Crippen LogP) is 2.08. The van der Waals surface area contributed by atoms with Gasteiger partial charge in [0.15, 0.2) is 5.96 Å². The molecule has 8 heteroatoms. The van der Waals surface area contributed by atoms with E-state index in [-0.39, 0.29) is 36.0 Å². The molecule has 1 aliphatic rings. The van der Waals surface area contributed by atoms with E-state index in [4.69, 9.17) is 4.74 Å². The lowest BCUT2D eigenvalue weighted by Crippen LogP contribution is -2.50. The molecule has 0 aromatic heterocycles. The zero-order valence-corrected chi connectivity index (χ0v) is 20.4. The fourth-order valence-corrected chi connectivity index (χ4v) is 3.21. The number of nitrogens with zero attached hydrogens (tertiary/aromatic N) is 2. The van der Waals surface area contributed by atoms with Crippen LogP contribution in [-0.4, -0.2) is 69.2 Å². The van der Waals surface area contributed by atoms with Crippen molar-refractivity contribution in [3.63, 3.8) is 0 Å². The molecule has 1 aliphatic heterocycles. The largest absolute Gasteiger partial charge is 0.374 e. The summed E-state index contributed by atoms with van der Waals surface area (Å²) in [7, 11) is 1.63. The van der Waals surface area contributed by atoms with Crippen molar-refractivity contribution < 1.29 is 9.53 Å². The van der Waals surface area contributed by atoms with Crippen LogP contribution in [0.15, 0.2) is 29.3 Å². The second-order valence-electron chi connectivity index (χ2n) is 7.50. The number of aliphatic imine (C=N–C) groups is 1. The van der Waals surface area contributed by atoms with Crippen molar-refractivity contribution in [2.75, 3.05) is 46.4 Å². The van der Waals surface area contributed by atoms with Crippen LogP contribution in [-0.2, 0) is 11.3 Å². The summed E-state index contributed by atoms with van der Waals surface area (Å²) in [6, 6.07) is 7.52. The number of benzene rings is 1. The molecule has 3 N–H and O–H groups in total. The molecule has 1 amide bonds. The minimum Gasteiger partial charge on any atom is -0.374 e.